The molecule has 3 aromatic rings. The maximum atomic E-state index is 4.48. The lowest BCUT2D eigenvalue weighted by Gasteiger charge is -2.20. The molecule has 0 amide bonds. The molecule has 5 nitrogen and oxygen atoms in total. The lowest BCUT2D eigenvalue weighted by Crippen LogP contribution is -2.12. The molecule has 3 aromatic heterocycles. The van der Waals surface area contributed by atoms with Gasteiger partial charge in [0.2, 0.25) is 0 Å². The number of imidazole rings is 2. The minimum Gasteiger partial charge on any atom is -0.331 e. The molecule has 0 radical (unpaired) electrons. The maximum absolute atomic E-state index is 4.48. The lowest BCUT2D eigenvalue weighted by atomic mass is 9.88. The third-order valence-electron chi connectivity index (χ3n) is 4.98. The van der Waals surface area contributed by atoms with Crippen LogP contribution in [0.5, 0.6) is 0 Å². The second kappa shape index (κ2) is 7.12. The first-order valence-corrected chi connectivity index (χ1v) is 9.00. The van der Waals surface area contributed by atoms with E-state index in [9.17, 15) is 0 Å². The molecule has 0 fully saturated rings. The summed E-state index contributed by atoms with van der Waals surface area (Å²) >= 11 is 0. The molecule has 0 N–H and O–H groups in total. The minimum absolute atomic E-state index is 0.580. The Hall–Kier alpha value is -2.95. The average molecular weight is 345 g/mol. The van der Waals surface area contributed by atoms with Crippen molar-refractivity contribution in [2.24, 2.45) is 11.8 Å². The van der Waals surface area contributed by atoms with Crippen molar-refractivity contribution in [3.63, 3.8) is 0 Å². The number of allylic oxidation sites excluding steroid dienone is 4. The highest BCUT2D eigenvalue weighted by Gasteiger charge is 2.13. The fraction of sp³-hybridized carbons (Fsp3) is 0.286. The molecule has 0 aromatic carbocycles. The Bertz CT molecular complexity index is 932. The van der Waals surface area contributed by atoms with E-state index in [1.165, 1.54) is 5.57 Å². The van der Waals surface area contributed by atoms with Crippen LogP contribution in [0.2, 0.25) is 0 Å². The zero-order valence-corrected chi connectivity index (χ0v) is 15.2. The maximum Gasteiger partial charge on any atom is 0.107 e. The van der Waals surface area contributed by atoms with Crippen LogP contribution in [0, 0.1) is 11.8 Å². The van der Waals surface area contributed by atoms with Gasteiger partial charge in [0.25, 0.3) is 0 Å². The van der Waals surface area contributed by atoms with E-state index in [-0.39, 0.29) is 0 Å². The van der Waals surface area contributed by atoms with E-state index >= 15 is 0 Å². The van der Waals surface area contributed by atoms with Crippen LogP contribution in [0.25, 0.3) is 11.4 Å². The SMILES string of the molecule is CC1C=CC(Cn2cncc2Cn2cnc(-c3ccccn3)c2)=CC1C. The molecule has 0 spiro atoms. The largest absolute Gasteiger partial charge is 0.331 e. The van der Waals surface area contributed by atoms with Gasteiger partial charge in [0.1, 0.15) is 5.69 Å². The molecule has 0 aliphatic heterocycles. The Balaban J connectivity index is 1.49. The molecule has 4 rings (SSSR count). The van der Waals surface area contributed by atoms with Crippen LogP contribution in [0.1, 0.15) is 19.5 Å². The standard InChI is InChI=1S/C21H23N5/c1-16-6-7-18(9-17(16)2)11-26-14-22-10-19(26)12-25-13-21(24-15-25)20-5-3-4-8-23-20/h3-10,13-17H,11-12H2,1-2H3. The Morgan fingerprint density at radius 2 is 1.92 bits per heavy atom. The van der Waals surface area contributed by atoms with Gasteiger partial charge >= 0.3 is 0 Å². The molecule has 2 atom stereocenters. The van der Waals surface area contributed by atoms with E-state index in [4.69, 9.17) is 0 Å². The Morgan fingerprint density at radius 1 is 1.00 bits per heavy atom. The van der Waals surface area contributed by atoms with Crippen molar-refractivity contribution in [1.29, 1.82) is 0 Å². The molecule has 1 aliphatic rings. The van der Waals surface area contributed by atoms with Crippen LogP contribution in [0.3, 0.4) is 0 Å². The molecule has 1 aliphatic carbocycles. The van der Waals surface area contributed by atoms with Crippen molar-refractivity contribution < 1.29 is 0 Å². The van der Waals surface area contributed by atoms with E-state index in [1.54, 1.807) is 6.20 Å². The van der Waals surface area contributed by atoms with Gasteiger partial charge in [-0.3, -0.25) is 4.98 Å². The second-order valence-corrected chi connectivity index (χ2v) is 6.98. The molecule has 5 heteroatoms. The van der Waals surface area contributed by atoms with Gasteiger partial charge in [-0.05, 0) is 29.5 Å². The van der Waals surface area contributed by atoms with Crippen molar-refractivity contribution >= 4 is 0 Å². The van der Waals surface area contributed by atoms with Crippen molar-refractivity contribution in [2.75, 3.05) is 0 Å². The van der Waals surface area contributed by atoms with Gasteiger partial charge < -0.3 is 9.13 Å². The number of aromatic nitrogens is 5. The highest BCUT2D eigenvalue weighted by atomic mass is 15.1. The minimum atomic E-state index is 0.580. The molecular formula is C21H23N5. The van der Waals surface area contributed by atoms with Gasteiger partial charge in [0.15, 0.2) is 0 Å². The van der Waals surface area contributed by atoms with E-state index in [1.807, 2.05) is 43.2 Å². The molecule has 132 valence electrons. The predicted molar refractivity (Wildman–Crippen MR) is 102 cm³/mol. The van der Waals surface area contributed by atoms with E-state index in [0.717, 1.165) is 30.2 Å². The molecule has 0 saturated heterocycles. The highest BCUT2D eigenvalue weighted by Crippen LogP contribution is 2.23. The molecule has 2 unspecified atom stereocenters. The average Bonchev–Trinajstić information content (AvgIpc) is 3.29. The fourth-order valence-electron chi connectivity index (χ4n) is 3.20. The Kier molecular flexibility index (Phi) is 4.52. The van der Waals surface area contributed by atoms with Crippen LogP contribution >= 0.6 is 0 Å². The van der Waals surface area contributed by atoms with Gasteiger partial charge in [-0.25, -0.2) is 9.97 Å². The zero-order valence-electron chi connectivity index (χ0n) is 15.2. The summed E-state index contributed by atoms with van der Waals surface area (Å²) in [6, 6.07) is 5.86. The topological polar surface area (TPSA) is 48.5 Å². The van der Waals surface area contributed by atoms with Gasteiger partial charge in [-0.2, -0.15) is 0 Å². The summed E-state index contributed by atoms with van der Waals surface area (Å²) in [4.78, 5) is 13.2. The van der Waals surface area contributed by atoms with Gasteiger partial charge in [-0.1, -0.05) is 38.1 Å². The van der Waals surface area contributed by atoms with Crippen LogP contribution in [0.4, 0.5) is 0 Å². The second-order valence-electron chi connectivity index (χ2n) is 6.98. The lowest BCUT2D eigenvalue weighted by molar-refractivity contribution is 0.542. The van der Waals surface area contributed by atoms with Crippen molar-refractivity contribution in [1.82, 2.24) is 24.1 Å². The van der Waals surface area contributed by atoms with Crippen LogP contribution in [0.15, 0.2) is 73.2 Å². The predicted octanol–water partition coefficient (Wildman–Crippen LogP) is 3.96. The quantitative estimate of drug-likeness (QED) is 0.703. The van der Waals surface area contributed by atoms with Crippen LogP contribution in [-0.2, 0) is 13.1 Å². The summed E-state index contributed by atoms with van der Waals surface area (Å²) in [6.45, 7) is 6.12. The number of rotatable bonds is 5. The summed E-state index contributed by atoms with van der Waals surface area (Å²) in [6.07, 6.45) is 16.4. The first kappa shape index (κ1) is 16.5. The fourth-order valence-corrected chi connectivity index (χ4v) is 3.20. The van der Waals surface area contributed by atoms with E-state index in [0.29, 0.717) is 11.8 Å². The Labute approximate surface area is 153 Å². The van der Waals surface area contributed by atoms with E-state index in [2.05, 4.69) is 56.2 Å². The summed E-state index contributed by atoms with van der Waals surface area (Å²) < 4.78 is 4.28. The van der Waals surface area contributed by atoms with Crippen molar-refractivity contribution in [3.05, 3.63) is 78.9 Å². The highest BCUT2D eigenvalue weighted by molar-refractivity contribution is 5.52. The first-order chi connectivity index (χ1) is 12.7. The number of hydrogen-bond acceptors (Lipinski definition) is 3. The van der Waals surface area contributed by atoms with E-state index < -0.39 is 0 Å². The molecular weight excluding hydrogens is 322 g/mol. The normalized spacial score (nSPS) is 19.5. The summed E-state index contributed by atoms with van der Waals surface area (Å²) in [5, 5.41) is 0. The summed E-state index contributed by atoms with van der Waals surface area (Å²) in [5.41, 5.74) is 4.28. The summed E-state index contributed by atoms with van der Waals surface area (Å²) in [7, 11) is 0. The van der Waals surface area contributed by atoms with Gasteiger partial charge in [-0.15, -0.1) is 0 Å². The smallest absolute Gasteiger partial charge is 0.107 e. The van der Waals surface area contributed by atoms with Gasteiger partial charge in [0, 0.05) is 25.1 Å². The van der Waals surface area contributed by atoms with Gasteiger partial charge in [0.05, 0.1) is 30.6 Å². The Morgan fingerprint density at radius 3 is 2.73 bits per heavy atom. The monoisotopic (exact) mass is 345 g/mol. The first-order valence-electron chi connectivity index (χ1n) is 9.00. The number of pyridine rings is 1. The third-order valence-corrected chi connectivity index (χ3v) is 4.98. The molecule has 26 heavy (non-hydrogen) atoms. The molecule has 0 saturated carbocycles. The van der Waals surface area contributed by atoms with Crippen LogP contribution in [-0.4, -0.2) is 24.1 Å². The van der Waals surface area contributed by atoms with Crippen molar-refractivity contribution in [2.45, 2.75) is 26.9 Å². The van der Waals surface area contributed by atoms with Crippen LogP contribution < -0.4 is 0 Å². The van der Waals surface area contributed by atoms with Crippen molar-refractivity contribution in [3.8, 4) is 11.4 Å². The molecule has 3 heterocycles. The third kappa shape index (κ3) is 3.52. The molecule has 0 bridgehead atoms. The number of hydrogen-bond donors (Lipinski definition) is 0. The zero-order chi connectivity index (χ0) is 17.9. The number of nitrogens with zero attached hydrogens (tertiary/aromatic N) is 5. The summed E-state index contributed by atoms with van der Waals surface area (Å²) in [5.74, 6) is 1.19.